The lowest BCUT2D eigenvalue weighted by molar-refractivity contribution is -0.0912. The molecule has 0 atom stereocenters. The van der Waals surface area contributed by atoms with Crippen molar-refractivity contribution >= 4 is 23.4 Å². The number of piperidine rings is 1. The molecule has 2 heterocycles. The van der Waals surface area contributed by atoms with Gasteiger partial charge in [0.25, 0.3) is 0 Å². The summed E-state index contributed by atoms with van der Waals surface area (Å²) in [6.07, 6.45) is 1.39. The van der Waals surface area contributed by atoms with Crippen molar-refractivity contribution in [3.05, 3.63) is 29.3 Å². The van der Waals surface area contributed by atoms with Crippen LogP contribution in [0.2, 0.25) is 5.02 Å². The second kappa shape index (κ2) is 7.04. The summed E-state index contributed by atoms with van der Waals surface area (Å²) >= 11 is 6.36. The quantitative estimate of drug-likeness (QED) is 0.754. The molecule has 2 saturated heterocycles. The minimum atomic E-state index is -0.464. The number of amides is 1. The maximum absolute atomic E-state index is 12.3. The number of likely N-dealkylation sites (tertiary alicyclic amines) is 1. The number of ether oxygens (including phenoxy) is 2. The van der Waals surface area contributed by atoms with E-state index in [9.17, 15) is 4.79 Å². The fourth-order valence-corrected chi connectivity index (χ4v) is 3.74. The number of anilines is 1. The van der Waals surface area contributed by atoms with Gasteiger partial charge >= 0.3 is 6.09 Å². The van der Waals surface area contributed by atoms with Gasteiger partial charge in [-0.2, -0.15) is 0 Å². The predicted octanol–water partition coefficient (Wildman–Crippen LogP) is 3.95. The van der Waals surface area contributed by atoms with Gasteiger partial charge in [-0.3, -0.25) is 0 Å². The molecule has 2 aliphatic rings. The van der Waals surface area contributed by atoms with E-state index >= 15 is 0 Å². The number of nitrogens with zero attached hydrogens (tertiary/aromatic N) is 2. The zero-order chi connectivity index (χ0) is 18.1. The molecule has 0 radical (unpaired) electrons. The Morgan fingerprint density at radius 3 is 2.52 bits per heavy atom. The Kier molecular flexibility index (Phi) is 5.16. The first-order chi connectivity index (χ1) is 11.8. The third-order valence-corrected chi connectivity index (χ3v) is 5.09. The molecule has 1 spiro atoms. The lowest BCUT2D eigenvalue weighted by Crippen LogP contribution is -2.58. The Morgan fingerprint density at radius 1 is 1.20 bits per heavy atom. The minimum absolute atomic E-state index is 0.212. The fourth-order valence-electron chi connectivity index (χ4n) is 3.48. The summed E-state index contributed by atoms with van der Waals surface area (Å²) in [5.41, 5.74) is 0.381. The van der Waals surface area contributed by atoms with Crippen molar-refractivity contribution in [2.75, 3.05) is 37.7 Å². The van der Waals surface area contributed by atoms with Crippen LogP contribution in [-0.2, 0) is 9.47 Å². The van der Waals surface area contributed by atoms with Crippen molar-refractivity contribution in [3.8, 4) is 0 Å². The van der Waals surface area contributed by atoms with E-state index in [1.165, 1.54) is 0 Å². The van der Waals surface area contributed by atoms with Crippen molar-refractivity contribution in [3.63, 3.8) is 0 Å². The molecule has 0 saturated carbocycles. The molecule has 0 aliphatic carbocycles. The summed E-state index contributed by atoms with van der Waals surface area (Å²) in [6.45, 7) is 9.31. The largest absolute Gasteiger partial charge is 0.444 e. The maximum atomic E-state index is 12.3. The van der Waals surface area contributed by atoms with Crippen LogP contribution in [0.3, 0.4) is 0 Å². The van der Waals surface area contributed by atoms with Gasteiger partial charge < -0.3 is 19.3 Å². The first-order valence-electron chi connectivity index (χ1n) is 8.89. The predicted molar refractivity (Wildman–Crippen MR) is 99.4 cm³/mol. The molecule has 6 heteroatoms. The number of para-hydroxylation sites is 1. The van der Waals surface area contributed by atoms with E-state index in [0.717, 1.165) is 36.6 Å². The lowest BCUT2D eigenvalue weighted by Gasteiger charge is -2.48. The Balaban J connectivity index is 1.63. The summed E-state index contributed by atoms with van der Waals surface area (Å²) in [6, 6.07) is 7.93. The van der Waals surface area contributed by atoms with Crippen LogP contribution in [0, 0.1) is 0 Å². The highest BCUT2D eigenvalue weighted by molar-refractivity contribution is 6.33. The van der Waals surface area contributed by atoms with Gasteiger partial charge in [0.1, 0.15) is 5.60 Å². The monoisotopic (exact) mass is 366 g/mol. The van der Waals surface area contributed by atoms with Crippen LogP contribution in [0.25, 0.3) is 0 Å². The number of morpholine rings is 1. The molecule has 2 aliphatic heterocycles. The standard InChI is InChI=1S/C19H27ClN2O3/c1-18(2,3)25-17(23)21-10-8-19(9-11-21)14-22(12-13-24-19)16-7-5-4-6-15(16)20/h4-7H,8-14H2,1-3H3. The molecule has 0 unspecified atom stereocenters. The molecule has 1 aromatic carbocycles. The van der Waals surface area contributed by atoms with E-state index in [0.29, 0.717) is 19.7 Å². The van der Waals surface area contributed by atoms with Crippen LogP contribution in [0.15, 0.2) is 24.3 Å². The molecule has 0 N–H and O–H groups in total. The SMILES string of the molecule is CC(C)(C)OC(=O)N1CCC2(CC1)CN(c1ccccc1Cl)CCO2. The van der Waals surface area contributed by atoms with Gasteiger partial charge in [0.15, 0.2) is 0 Å². The van der Waals surface area contributed by atoms with Crippen LogP contribution in [0.5, 0.6) is 0 Å². The lowest BCUT2D eigenvalue weighted by atomic mass is 9.89. The van der Waals surface area contributed by atoms with Crippen LogP contribution in [-0.4, -0.2) is 55.0 Å². The maximum Gasteiger partial charge on any atom is 0.410 e. The zero-order valence-corrected chi connectivity index (χ0v) is 16.0. The van der Waals surface area contributed by atoms with Crippen molar-refractivity contribution in [1.29, 1.82) is 0 Å². The van der Waals surface area contributed by atoms with E-state index in [2.05, 4.69) is 11.0 Å². The Hall–Kier alpha value is -1.46. The molecule has 2 fully saturated rings. The number of benzene rings is 1. The second-order valence-electron chi connectivity index (χ2n) is 7.87. The zero-order valence-electron chi connectivity index (χ0n) is 15.3. The highest BCUT2D eigenvalue weighted by atomic mass is 35.5. The van der Waals surface area contributed by atoms with Crippen molar-refractivity contribution in [1.82, 2.24) is 4.90 Å². The molecular formula is C19H27ClN2O3. The van der Waals surface area contributed by atoms with E-state index in [1.54, 1.807) is 4.90 Å². The highest BCUT2D eigenvalue weighted by Gasteiger charge is 2.41. The molecule has 25 heavy (non-hydrogen) atoms. The fraction of sp³-hybridized carbons (Fsp3) is 0.632. The topological polar surface area (TPSA) is 42.0 Å². The van der Waals surface area contributed by atoms with Gasteiger partial charge in [0.2, 0.25) is 0 Å². The molecule has 0 bridgehead atoms. The van der Waals surface area contributed by atoms with Crippen LogP contribution in [0.1, 0.15) is 33.6 Å². The number of carbonyl (C=O) groups excluding carboxylic acids is 1. The number of rotatable bonds is 1. The molecule has 5 nitrogen and oxygen atoms in total. The molecule has 1 amide bonds. The summed E-state index contributed by atoms with van der Waals surface area (Å²) in [7, 11) is 0. The summed E-state index contributed by atoms with van der Waals surface area (Å²) in [5, 5.41) is 0.769. The number of hydrogen-bond donors (Lipinski definition) is 0. The Bertz CT molecular complexity index is 621. The first kappa shape index (κ1) is 18.3. The second-order valence-corrected chi connectivity index (χ2v) is 8.28. The first-order valence-corrected chi connectivity index (χ1v) is 9.27. The van der Waals surface area contributed by atoms with Crippen LogP contribution < -0.4 is 4.90 Å². The van der Waals surface area contributed by atoms with Gasteiger partial charge in [-0.05, 0) is 45.7 Å². The van der Waals surface area contributed by atoms with Crippen molar-refractivity contribution in [2.24, 2.45) is 0 Å². The smallest absolute Gasteiger partial charge is 0.410 e. The third-order valence-electron chi connectivity index (χ3n) is 4.77. The van der Waals surface area contributed by atoms with E-state index < -0.39 is 5.60 Å². The number of hydrogen-bond acceptors (Lipinski definition) is 4. The number of carbonyl (C=O) groups is 1. The average molecular weight is 367 g/mol. The summed E-state index contributed by atoms with van der Waals surface area (Å²) < 4.78 is 11.6. The van der Waals surface area contributed by atoms with E-state index in [-0.39, 0.29) is 11.7 Å². The minimum Gasteiger partial charge on any atom is -0.444 e. The molecular weight excluding hydrogens is 340 g/mol. The van der Waals surface area contributed by atoms with Gasteiger partial charge in [-0.1, -0.05) is 23.7 Å². The van der Waals surface area contributed by atoms with E-state index in [4.69, 9.17) is 21.1 Å². The normalized spacial score (nSPS) is 20.6. The molecule has 1 aromatic rings. The number of halogens is 1. The van der Waals surface area contributed by atoms with Crippen molar-refractivity contribution < 1.29 is 14.3 Å². The van der Waals surface area contributed by atoms with Gasteiger partial charge in [-0.25, -0.2) is 4.79 Å². The molecule has 0 aromatic heterocycles. The van der Waals surface area contributed by atoms with Crippen LogP contribution >= 0.6 is 11.6 Å². The molecule has 138 valence electrons. The van der Waals surface area contributed by atoms with Gasteiger partial charge in [-0.15, -0.1) is 0 Å². The average Bonchev–Trinajstić information content (AvgIpc) is 2.54. The Morgan fingerprint density at radius 2 is 1.88 bits per heavy atom. The van der Waals surface area contributed by atoms with Gasteiger partial charge in [0, 0.05) is 26.2 Å². The Labute approximate surface area is 154 Å². The summed E-state index contributed by atoms with van der Waals surface area (Å²) in [5.74, 6) is 0. The van der Waals surface area contributed by atoms with E-state index in [1.807, 2.05) is 39.0 Å². The van der Waals surface area contributed by atoms with Crippen LogP contribution in [0.4, 0.5) is 10.5 Å². The van der Waals surface area contributed by atoms with Gasteiger partial charge in [0.05, 0.1) is 22.9 Å². The molecule has 3 rings (SSSR count). The highest BCUT2D eigenvalue weighted by Crippen LogP contribution is 2.35. The summed E-state index contributed by atoms with van der Waals surface area (Å²) in [4.78, 5) is 16.3. The third kappa shape index (κ3) is 4.39. The van der Waals surface area contributed by atoms with Crippen molar-refractivity contribution in [2.45, 2.75) is 44.8 Å².